The Morgan fingerprint density at radius 2 is 2.29 bits per heavy atom. The third kappa shape index (κ3) is 1.47. The number of nitrogens with zero attached hydrogens (tertiary/aromatic N) is 4. The zero-order valence-corrected chi connectivity index (χ0v) is 8.96. The van der Waals surface area contributed by atoms with Gasteiger partial charge in [0, 0.05) is 0 Å². The van der Waals surface area contributed by atoms with Gasteiger partial charge in [0.2, 0.25) is 5.95 Å². The second-order valence-electron chi connectivity index (χ2n) is 2.42. The summed E-state index contributed by atoms with van der Waals surface area (Å²) in [4.78, 5) is 21.4. The smallest absolute Gasteiger partial charge is 0.266 e. The van der Waals surface area contributed by atoms with E-state index >= 15 is 0 Å². The molecule has 0 aromatic carbocycles. The Morgan fingerprint density at radius 3 is 2.93 bits per heavy atom. The predicted molar refractivity (Wildman–Crippen MR) is 56.9 cm³/mol. The fourth-order valence-electron chi connectivity index (χ4n) is 0.911. The Labute approximate surface area is 91.5 Å². The van der Waals surface area contributed by atoms with Gasteiger partial charge in [-0.05, 0) is 22.6 Å². The number of aromatic nitrogens is 5. The van der Waals surface area contributed by atoms with Crippen molar-refractivity contribution < 1.29 is 0 Å². The first kappa shape index (κ1) is 9.12. The summed E-state index contributed by atoms with van der Waals surface area (Å²) >= 11 is 1.88. The van der Waals surface area contributed by atoms with Crippen molar-refractivity contribution in [1.82, 2.24) is 24.7 Å². The lowest BCUT2D eigenvalue weighted by Gasteiger charge is -1.99. The first-order chi connectivity index (χ1) is 6.68. The van der Waals surface area contributed by atoms with Gasteiger partial charge >= 0.3 is 0 Å². The fourth-order valence-corrected chi connectivity index (χ4v) is 1.45. The molecule has 0 amide bonds. The van der Waals surface area contributed by atoms with E-state index in [1.54, 1.807) is 0 Å². The molecule has 0 saturated carbocycles. The molecular formula is C6H5IN6O. The molecular weight excluding hydrogens is 299 g/mol. The highest BCUT2D eigenvalue weighted by atomic mass is 127. The molecule has 14 heavy (non-hydrogen) atoms. The van der Waals surface area contributed by atoms with E-state index in [9.17, 15) is 4.79 Å². The number of rotatable bonds is 1. The first-order valence-corrected chi connectivity index (χ1v) is 4.67. The van der Waals surface area contributed by atoms with Crippen molar-refractivity contribution in [1.29, 1.82) is 0 Å². The highest BCUT2D eigenvalue weighted by Gasteiger charge is 2.08. The van der Waals surface area contributed by atoms with E-state index in [-0.39, 0.29) is 11.5 Å². The molecule has 0 spiro atoms. The van der Waals surface area contributed by atoms with Crippen LogP contribution in [0.1, 0.15) is 0 Å². The number of H-pyrrole nitrogens is 1. The summed E-state index contributed by atoms with van der Waals surface area (Å²) in [6.45, 7) is 0. The van der Waals surface area contributed by atoms with Crippen LogP contribution in [0.5, 0.6) is 0 Å². The predicted octanol–water partition coefficient (Wildman–Crippen LogP) is -0.463. The van der Waals surface area contributed by atoms with Gasteiger partial charge in [0.05, 0.1) is 6.33 Å². The standard InChI is InChI=1S/C6H5IN6O/c7-3-4(9-1-10-5(3)14)13-2-11-6(8)12-13/h1-2H,(H2,8,12)(H,9,10,14). The number of anilines is 1. The molecule has 0 unspecified atom stereocenters. The van der Waals surface area contributed by atoms with E-state index < -0.39 is 0 Å². The van der Waals surface area contributed by atoms with Crippen LogP contribution in [0.25, 0.3) is 5.82 Å². The van der Waals surface area contributed by atoms with Crippen LogP contribution in [0.15, 0.2) is 17.4 Å². The van der Waals surface area contributed by atoms with Crippen LogP contribution in [0.3, 0.4) is 0 Å². The Balaban J connectivity index is 2.63. The molecule has 0 aliphatic rings. The molecule has 2 aromatic rings. The van der Waals surface area contributed by atoms with Crippen molar-refractivity contribution in [3.05, 3.63) is 26.6 Å². The van der Waals surface area contributed by atoms with Crippen LogP contribution in [0.4, 0.5) is 5.95 Å². The maximum Gasteiger partial charge on any atom is 0.266 e. The summed E-state index contributed by atoms with van der Waals surface area (Å²) < 4.78 is 1.79. The summed E-state index contributed by atoms with van der Waals surface area (Å²) in [5.74, 6) is 0.557. The van der Waals surface area contributed by atoms with Crippen LogP contribution in [0, 0.1) is 3.57 Å². The van der Waals surface area contributed by atoms with Gasteiger partial charge in [0.25, 0.3) is 5.56 Å². The second kappa shape index (κ2) is 3.36. The first-order valence-electron chi connectivity index (χ1n) is 3.59. The number of aromatic amines is 1. The molecule has 2 heterocycles. The summed E-state index contributed by atoms with van der Waals surface area (Å²) in [5, 5.41) is 3.85. The molecule has 0 aliphatic heterocycles. The molecule has 72 valence electrons. The minimum Gasteiger partial charge on any atom is -0.366 e. The number of hydrogen-bond donors (Lipinski definition) is 2. The lowest BCUT2D eigenvalue weighted by Crippen LogP contribution is -2.15. The fraction of sp³-hybridized carbons (Fsp3) is 0. The minimum atomic E-state index is -0.218. The highest BCUT2D eigenvalue weighted by Crippen LogP contribution is 2.07. The molecule has 7 nitrogen and oxygen atoms in total. The zero-order valence-electron chi connectivity index (χ0n) is 6.81. The minimum absolute atomic E-state index is 0.142. The lowest BCUT2D eigenvalue weighted by atomic mass is 10.6. The Bertz CT molecular complexity index is 517. The Kier molecular flexibility index (Phi) is 2.19. The molecule has 0 fully saturated rings. The van der Waals surface area contributed by atoms with E-state index in [0.717, 1.165) is 0 Å². The summed E-state index contributed by atoms with van der Waals surface area (Å²) in [5.41, 5.74) is 5.13. The average Bonchev–Trinajstić information content (AvgIpc) is 2.57. The van der Waals surface area contributed by atoms with Gasteiger partial charge in [0.1, 0.15) is 9.90 Å². The van der Waals surface area contributed by atoms with Crippen LogP contribution in [-0.4, -0.2) is 24.7 Å². The third-order valence-electron chi connectivity index (χ3n) is 1.50. The SMILES string of the molecule is Nc1ncn(-c2nc[nH]c(=O)c2I)n1. The summed E-state index contributed by atoms with van der Waals surface area (Å²) in [6, 6.07) is 0. The molecule has 2 rings (SSSR count). The van der Waals surface area contributed by atoms with E-state index in [1.165, 1.54) is 17.3 Å². The quantitative estimate of drug-likeness (QED) is 0.694. The molecule has 0 saturated heterocycles. The van der Waals surface area contributed by atoms with Gasteiger partial charge in [-0.3, -0.25) is 4.79 Å². The normalized spacial score (nSPS) is 10.4. The van der Waals surface area contributed by atoms with Crippen LogP contribution >= 0.6 is 22.6 Å². The van der Waals surface area contributed by atoms with Crippen molar-refractivity contribution in [2.75, 3.05) is 5.73 Å². The topological polar surface area (TPSA) is 102 Å². The summed E-state index contributed by atoms with van der Waals surface area (Å²) in [7, 11) is 0. The van der Waals surface area contributed by atoms with Crippen molar-refractivity contribution in [2.24, 2.45) is 0 Å². The molecule has 2 aromatic heterocycles. The maximum absolute atomic E-state index is 11.2. The number of nitrogens with two attached hydrogens (primary N) is 1. The number of halogens is 1. The molecule has 0 aliphatic carbocycles. The number of nitrogens with one attached hydrogen (secondary N) is 1. The van der Waals surface area contributed by atoms with E-state index in [0.29, 0.717) is 9.39 Å². The van der Waals surface area contributed by atoms with Gasteiger partial charge in [-0.25, -0.2) is 9.97 Å². The molecule has 0 radical (unpaired) electrons. The monoisotopic (exact) mass is 304 g/mol. The van der Waals surface area contributed by atoms with Crippen LogP contribution in [-0.2, 0) is 0 Å². The van der Waals surface area contributed by atoms with E-state index in [4.69, 9.17) is 5.73 Å². The van der Waals surface area contributed by atoms with Crippen molar-refractivity contribution in [2.45, 2.75) is 0 Å². The van der Waals surface area contributed by atoms with Crippen molar-refractivity contribution in [3.63, 3.8) is 0 Å². The maximum atomic E-state index is 11.2. The largest absolute Gasteiger partial charge is 0.366 e. The van der Waals surface area contributed by atoms with E-state index in [2.05, 4.69) is 20.1 Å². The van der Waals surface area contributed by atoms with Crippen molar-refractivity contribution >= 4 is 28.5 Å². The molecule has 0 atom stereocenters. The number of hydrogen-bond acceptors (Lipinski definition) is 5. The van der Waals surface area contributed by atoms with Crippen LogP contribution in [0.2, 0.25) is 0 Å². The molecule has 0 bridgehead atoms. The molecule has 3 N–H and O–H groups in total. The second-order valence-corrected chi connectivity index (χ2v) is 3.50. The average molecular weight is 304 g/mol. The van der Waals surface area contributed by atoms with Gasteiger partial charge < -0.3 is 10.7 Å². The van der Waals surface area contributed by atoms with Gasteiger partial charge in [-0.15, -0.1) is 5.10 Å². The Morgan fingerprint density at radius 1 is 1.50 bits per heavy atom. The van der Waals surface area contributed by atoms with Crippen LogP contribution < -0.4 is 11.3 Å². The highest BCUT2D eigenvalue weighted by molar-refractivity contribution is 14.1. The third-order valence-corrected chi connectivity index (χ3v) is 2.48. The number of nitrogen functional groups attached to an aromatic ring is 1. The molecule has 8 heteroatoms. The van der Waals surface area contributed by atoms with E-state index in [1.807, 2.05) is 22.6 Å². The zero-order chi connectivity index (χ0) is 10.1. The van der Waals surface area contributed by atoms with Gasteiger partial charge in [-0.2, -0.15) is 4.68 Å². The van der Waals surface area contributed by atoms with Gasteiger partial charge in [0.15, 0.2) is 5.82 Å². The lowest BCUT2D eigenvalue weighted by molar-refractivity contribution is 0.829. The van der Waals surface area contributed by atoms with Crippen molar-refractivity contribution in [3.8, 4) is 5.82 Å². The van der Waals surface area contributed by atoms with Gasteiger partial charge in [-0.1, -0.05) is 0 Å². The Hall–Kier alpha value is -1.45. The summed E-state index contributed by atoms with van der Waals surface area (Å²) in [6.07, 6.45) is 2.71.